The average molecular weight is 389 g/mol. The first kappa shape index (κ1) is 17.7. The van der Waals surface area contributed by atoms with Crippen LogP contribution in [0.15, 0.2) is 71.6 Å². The molecule has 2 heterocycles. The first-order valence-electron chi connectivity index (χ1n) is 9.96. The van der Waals surface area contributed by atoms with Crippen molar-refractivity contribution in [3.8, 4) is 5.75 Å². The molecular formula is C24H24N2OS. The van der Waals surface area contributed by atoms with E-state index in [1.54, 1.807) is 12.1 Å². The topological polar surface area (TPSA) is 26.7 Å². The smallest absolute Gasteiger partial charge is 0.115 e. The van der Waals surface area contributed by atoms with Crippen molar-refractivity contribution in [3.05, 3.63) is 72.3 Å². The Balaban J connectivity index is 1.17. The lowest BCUT2D eigenvalue weighted by molar-refractivity contribution is 0.300. The fourth-order valence-electron chi connectivity index (χ4n) is 4.20. The highest BCUT2D eigenvalue weighted by molar-refractivity contribution is 8.01. The van der Waals surface area contributed by atoms with Crippen LogP contribution in [-0.2, 0) is 0 Å². The first-order chi connectivity index (χ1) is 13.8. The maximum absolute atomic E-state index is 9.46. The van der Waals surface area contributed by atoms with Gasteiger partial charge < -0.3 is 9.41 Å². The van der Waals surface area contributed by atoms with Gasteiger partial charge in [-0.2, -0.15) is 0 Å². The van der Waals surface area contributed by atoms with Gasteiger partial charge in [0.2, 0.25) is 0 Å². The van der Waals surface area contributed by atoms with Crippen molar-refractivity contribution in [1.29, 1.82) is 0 Å². The van der Waals surface area contributed by atoms with Crippen LogP contribution in [0, 0.1) is 0 Å². The zero-order valence-corrected chi connectivity index (χ0v) is 16.7. The molecule has 0 radical (unpaired) electrons. The lowest BCUT2D eigenvalue weighted by atomic mass is 9.99. The highest BCUT2D eigenvalue weighted by Crippen LogP contribution is 2.45. The van der Waals surface area contributed by atoms with Gasteiger partial charge >= 0.3 is 0 Å². The van der Waals surface area contributed by atoms with Crippen LogP contribution < -0.4 is 4.31 Å². The molecule has 0 saturated carbocycles. The van der Waals surface area contributed by atoms with Crippen LogP contribution in [0.25, 0.3) is 16.3 Å². The summed E-state index contributed by atoms with van der Waals surface area (Å²) in [5.41, 5.74) is 4.00. The van der Waals surface area contributed by atoms with E-state index in [9.17, 15) is 5.11 Å². The molecule has 2 aliphatic heterocycles. The summed E-state index contributed by atoms with van der Waals surface area (Å²) in [7, 11) is 0. The predicted octanol–water partition coefficient (Wildman–Crippen LogP) is 5.55. The molecule has 28 heavy (non-hydrogen) atoms. The van der Waals surface area contributed by atoms with Crippen molar-refractivity contribution in [3.63, 3.8) is 0 Å². The summed E-state index contributed by atoms with van der Waals surface area (Å²) >= 11 is 1.88. The molecule has 0 aromatic heterocycles. The third-order valence-electron chi connectivity index (χ3n) is 5.69. The maximum atomic E-state index is 9.46. The number of aromatic hydroxyl groups is 1. The molecule has 5 rings (SSSR count). The normalized spacial score (nSPS) is 16.6. The van der Waals surface area contributed by atoms with Crippen molar-refractivity contribution in [2.45, 2.75) is 17.7 Å². The molecule has 3 aromatic carbocycles. The van der Waals surface area contributed by atoms with Crippen LogP contribution >= 0.6 is 11.9 Å². The van der Waals surface area contributed by atoms with E-state index < -0.39 is 0 Å². The van der Waals surface area contributed by atoms with Crippen LogP contribution in [0.4, 0.5) is 5.69 Å². The standard InChI is InChI=1S/C24H24N2OS/c27-21-10-8-18(9-11-21)19-12-16-25(17-13-19)14-3-15-26-22-6-1-4-20-5-2-7-23(28-26)24(20)22/h1-2,4-12,27H,3,13-17H2. The van der Waals surface area contributed by atoms with Gasteiger partial charge in [0.1, 0.15) is 5.75 Å². The Bertz CT molecular complexity index is 1020. The molecule has 3 nitrogen and oxygen atoms in total. The number of rotatable bonds is 5. The molecule has 0 aliphatic carbocycles. The molecule has 0 atom stereocenters. The van der Waals surface area contributed by atoms with Crippen LogP contribution in [0.3, 0.4) is 0 Å². The third-order valence-corrected chi connectivity index (χ3v) is 6.83. The molecule has 0 fully saturated rings. The van der Waals surface area contributed by atoms with E-state index in [0.29, 0.717) is 5.75 Å². The van der Waals surface area contributed by atoms with Crippen molar-refractivity contribution in [2.24, 2.45) is 0 Å². The van der Waals surface area contributed by atoms with E-state index in [1.165, 1.54) is 38.9 Å². The van der Waals surface area contributed by atoms with Crippen molar-refractivity contribution >= 4 is 34.0 Å². The first-order valence-corrected chi connectivity index (χ1v) is 10.7. The zero-order valence-electron chi connectivity index (χ0n) is 15.8. The molecule has 0 spiro atoms. The van der Waals surface area contributed by atoms with E-state index in [-0.39, 0.29) is 0 Å². The van der Waals surface area contributed by atoms with Crippen molar-refractivity contribution < 1.29 is 5.11 Å². The van der Waals surface area contributed by atoms with Gasteiger partial charge in [-0.15, -0.1) is 0 Å². The summed E-state index contributed by atoms with van der Waals surface area (Å²) in [5.74, 6) is 0.333. The van der Waals surface area contributed by atoms with Gasteiger partial charge in [0.25, 0.3) is 0 Å². The van der Waals surface area contributed by atoms with Gasteiger partial charge in [-0.3, -0.25) is 4.90 Å². The Morgan fingerprint density at radius 2 is 1.75 bits per heavy atom. The minimum Gasteiger partial charge on any atom is -0.508 e. The monoisotopic (exact) mass is 388 g/mol. The number of anilines is 1. The van der Waals surface area contributed by atoms with Gasteiger partial charge in [-0.25, -0.2) is 0 Å². The average Bonchev–Trinajstić information content (AvgIpc) is 3.09. The van der Waals surface area contributed by atoms with Crippen LogP contribution in [0.1, 0.15) is 18.4 Å². The highest BCUT2D eigenvalue weighted by Gasteiger charge is 2.22. The van der Waals surface area contributed by atoms with Crippen LogP contribution in [-0.4, -0.2) is 36.2 Å². The Labute approximate surface area is 170 Å². The number of hydrogen-bond acceptors (Lipinski definition) is 4. The minimum atomic E-state index is 0.333. The largest absolute Gasteiger partial charge is 0.508 e. The summed E-state index contributed by atoms with van der Waals surface area (Å²) in [6.45, 7) is 4.32. The molecule has 3 aromatic rings. The second-order valence-electron chi connectivity index (χ2n) is 7.51. The molecule has 0 saturated heterocycles. The molecule has 1 N–H and O–H groups in total. The molecule has 4 heteroatoms. The van der Waals surface area contributed by atoms with Gasteiger partial charge in [-0.05, 0) is 65.6 Å². The molecule has 2 aliphatic rings. The second kappa shape index (κ2) is 7.53. The third kappa shape index (κ3) is 3.38. The number of phenols is 1. The summed E-state index contributed by atoms with van der Waals surface area (Å²) in [6.07, 6.45) is 4.59. The van der Waals surface area contributed by atoms with Crippen LogP contribution in [0.5, 0.6) is 5.75 Å². The van der Waals surface area contributed by atoms with Crippen LogP contribution in [0.2, 0.25) is 0 Å². The minimum absolute atomic E-state index is 0.333. The Kier molecular flexibility index (Phi) is 4.75. The van der Waals surface area contributed by atoms with Crippen molar-refractivity contribution in [1.82, 2.24) is 4.90 Å². The molecule has 0 bridgehead atoms. The molecule has 142 valence electrons. The number of hydrogen-bond donors (Lipinski definition) is 1. The summed E-state index contributed by atoms with van der Waals surface area (Å²) in [4.78, 5) is 3.92. The van der Waals surface area contributed by atoms with E-state index in [1.807, 2.05) is 24.1 Å². The number of nitrogens with zero attached hydrogens (tertiary/aromatic N) is 2. The van der Waals surface area contributed by atoms with Gasteiger partial charge in [-0.1, -0.05) is 42.5 Å². The van der Waals surface area contributed by atoms with Gasteiger partial charge in [0.05, 0.1) is 5.69 Å². The number of phenolic OH excluding ortho intramolecular Hbond substituents is 1. The van der Waals surface area contributed by atoms with Gasteiger partial charge in [0.15, 0.2) is 0 Å². The fraction of sp³-hybridized carbons (Fsp3) is 0.250. The lowest BCUT2D eigenvalue weighted by Gasteiger charge is -2.27. The zero-order chi connectivity index (χ0) is 18.9. The second-order valence-corrected chi connectivity index (χ2v) is 8.57. The fourth-order valence-corrected chi connectivity index (χ4v) is 5.36. The molecular weight excluding hydrogens is 364 g/mol. The van der Waals surface area contributed by atoms with Crippen molar-refractivity contribution in [2.75, 3.05) is 30.5 Å². The Morgan fingerprint density at radius 1 is 0.929 bits per heavy atom. The number of benzene rings is 3. The summed E-state index contributed by atoms with van der Waals surface area (Å²) in [6, 6.07) is 20.8. The van der Waals surface area contributed by atoms with Gasteiger partial charge in [0, 0.05) is 36.5 Å². The van der Waals surface area contributed by atoms with E-state index in [2.05, 4.69) is 51.7 Å². The Hall–Kier alpha value is -2.43. The highest BCUT2D eigenvalue weighted by atomic mass is 32.2. The van der Waals surface area contributed by atoms with E-state index in [4.69, 9.17) is 0 Å². The summed E-state index contributed by atoms with van der Waals surface area (Å²) < 4.78 is 2.46. The maximum Gasteiger partial charge on any atom is 0.115 e. The molecule has 0 amide bonds. The summed E-state index contributed by atoms with van der Waals surface area (Å²) in [5, 5.41) is 12.2. The quantitative estimate of drug-likeness (QED) is 0.580. The predicted molar refractivity (Wildman–Crippen MR) is 119 cm³/mol. The lowest BCUT2D eigenvalue weighted by Crippen LogP contribution is -2.31. The Morgan fingerprint density at radius 3 is 2.54 bits per heavy atom. The SMILES string of the molecule is Oc1ccc(C2=CCN(CCCN3Sc4cccc5cccc3c45)CC2)cc1. The van der Waals surface area contributed by atoms with E-state index in [0.717, 1.165) is 32.6 Å². The molecule has 0 unspecified atom stereocenters. The van der Waals surface area contributed by atoms with E-state index >= 15 is 0 Å².